The Labute approximate surface area is 239 Å². The van der Waals surface area contributed by atoms with Gasteiger partial charge in [0.15, 0.2) is 11.5 Å². The summed E-state index contributed by atoms with van der Waals surface area (Å²) in [6.45, 7) is 6.44. The minimum Gasteiger partial charge on any atom is -0.493 e. The molecule has 1 saturated heterocycles. The third-order valence-corrected chi connectivity index (χ3v) is 7.61. The van der Waals surface area contributed by atoms with Crippen LogP contribution in [0.2, 0.25) is 0 Å². The SMILES string of the molecule is COc1cc(C(=O)N(CCCN2CCC(c3ccccc3)CC2)C/C(C)=C/c2ccccc2)cc(OC)c1OC. The van der Waals surface area contributed by atoms with Crippen molar-refractivity contribution in [2.24, 2.45) is 0 Å². The lowest BCUT2D eigenvalue weighted by Gasteiger charge is -2.33. The Balaban J connectivity index is 1.45. The Hall–Kier alpha value is -3.77. The molecular formula is C34H42N2O4. The number of methoxy groups -OCH3 is 3. The zero-order valence-electron chi connectivity index (χ0n) is 24.3. The first-order valence-electron chi connectivity index (χ1n) is 14.1. The van der Waals surface area contributed by atoms with Crippen LogP contribution in [0, 0.1) is 0 Å². The molecule has 1 fully saturated rings. The van der Waals surface area contributed by atoms with Crippen molar-refractivity contribution in [2.75, 3.05) is 54.1 Å². The van der Waals surface area contributed by atoms with Gasteiger partial charge in [-0.3, -0.25) is 4.79 Å². The van der Waals surface area contributed by atoms with Crippen molar-refractivity contribution < 1.29 is 19.0 Å². The van der Waals surface area contributed by atoms with Crippen LogP contribution in [0.4, 0.5) is 0 Å². The number of hydrogen-bond donors (Lipinski definition) is 0. The van der Waals surface area contributed by atoms with Gasteiger partial charge in [-0.2, -0.15) is 0 Å². The average molecular weight is 543 g/mol. The van der Waals surface area contributed by atoms with Crippen LogP contribution in [0.25, 0.3) is 6.08 Å². The van der Waals surface area contributed by atoms with Crippen molar-refractivity contribution in [1.29, 1.82) is 0 Å². The number of piperidine rings is 1. The summed E-state index contributed by atoms with van der Waals surface area (Å²) in [6, 6.07) is 24.5. The Morgan fingerprint density at radius 2 is 1.50 bits per heavy atom. The number of nitrogens with zero attached hydrogens (tertiary/aromatic N) is 2. The molecule has 0 aromatic heterocycles. The third kappa shape index (κ3) is 7.66. The van der Waals surface area contributed by atoms with Crippen LogP contribution in [0.1, 0.15) is 53.6 Å². The maximum Gasteiger partial charge on any atom is 0.254 e. The van der Waals surface area contributed by atoms with E-state index in [0.717, 1.165) is 37.2 Å². The van der Waals surface area contributed by atoms with Gasteiger partial charge in [0.05, 0.1) is 21.3 Å². The standard InChI is InChI=1S/C34H42N2O4/c1-26(22-27-12-7-5-8-13-27)25-36(34(37)30-23-31(38-2)33(40-4)32(24-30)39-3)19-11-18-35-20-16-29(17-21-35)28-14-9-6-10-15-28/h5-10,12-15,22-24,29H,11,16-21,25H2,1-4H3/b26-22+. The van der Waals surface area contributed by atoms with Crippen molar-refractivity contribution in [3.8, 4) is 17.2 Å². The first-order valence-corrected chi connectivity index (χ1v) is 14.1. The molecule has 0 bridgehead atoms. The van der Waals surface area contributed by atoms with E-state index in [-0.39, 0.29) is 5.91 Å². The van der Waals surface area contributed by atoms with E-state index in [1.165, 1.54) is 18.4 Å². The van der Waals surface area contributed by atoms with E-state index in [1.807, 2.05) is 23.1 Å². The molecule has 6 heteroatoms. The lowest BCUT2D eigenvalue weighted by atomic mass is 9.89. The maximum atomic E-state index is 13.9. The van der Waals surface area contributed by atoms with Crippen molar-refractivity contribution in [3.05, 3.63) is 95.1 Å². The van der Waals surface area contributed by atoms with Gasteiger partial charge in [-0.1, -0.05) is 72.3 Å². The number of carbonyl (C=O) groups excluding carboxylic acids is 1. The van der Waals surface area contributed by atoms with E-state index in [4.69, 9.17) is 14.2 Å². The zero-order valence-corrected chi connectivity index (χ0v) is 24.3. The highest BCUT2D eigenvalue weighted by Gasteiger charge is 2.23. The van der Waals surface area contributed by atoms with Gasteiger partial charge in [0.1, 0.15) is 0 Å². The lowest BCUT2D eigenvalue weighted by Crippen LogP contribution is -2.37. The summed E-state index contributed by atoms with van der Waals surface area (Å²) < 4.78 is 16.5. The molecule has 212 valence electrons. The molecule has 6 nitrogen and oxygen atoms in total. The van der Waals surface area contributed by atoms with Crippen molar-refractivity contribution in [2.45, 2.75) is 32.1 Å². The lowest BCUT2D eigenvalue weighted by molar-refractivity contribution is 0.0759. The number of hydrogen-bond acceptors (Lipinski definition) is 5. The van der Waals surface area contributed by atoms with Crippen molar-refractivity contribution >= 4 is 12.0 Å². The molecule has 1 amide bonds. The number of likely N-dealkylation sites (tertiary alicyclic amines) is 1. The maximum absolute atomic E-state index is 13.9. The summed E-state index contributed by atoms with van der Waals surface area (Å²) in [7, 11) is 4.70. The van der Waals surface area contributed by atoms with Crippen molar-refractivity contribution in [3.63, 3.8) is 0 Å². The number of carbonyl (C=O) groups is 1. The zero-order chi connectivity index (χ0) is 28.3. The Kier molecular flexibility index (Phi) is 10.6. The minimum absolute atomic E-state index is 0.0529. The van der Waals surface area contributed by atoms with Gasteiger partial charge in [0.2, 0.25) is 5.75 Å². The normalized spacial score (nSPS) is 14.6. The minimum atomic E-state index is -0.0529. The predicted molar refractivity (Wildman–Crippen MR) is 162 cm³/mol. The van der Waals surface area contributed by atoms with Gasteiger partial charge >= 0.3 is 0 Å². The first kappa shape index (κ1) is 29.2. The van der Waals surface area contributed by atoms with Gasteiger partial charge in [-0.15, -0.1) is 0 Å². The van der Waals surface area contributed by atoms with E-state index < -0.39 is 0 Å². The first-order chi connectivity index (χ1) is 19.5. The molecule has 1 aliphatic rings. The van der Waals surface area contributed by atoms with E-state index in [2.05, 4.69) is 60.4 Å². The Bertz CT molecular complexity index is 1230. The van der Waals surface area contributed by atoms with Gasteiger partial charge < -0.3 is 24.0 Å². The molecule has 1 heterocycles. The van der Waals surface area contributed by atoms with Crippen LogP contribution < -0.4 is 14.2 Å². The van der Waals surface area contributed by atoms with Crippen LogP contribution in [0.3, 0.4) is 0 Å². The number of amides is 1. The molecule has 3 aromatic carbocycles. The number of ether oxygens (including phenoxy) is 3. The van der Waals surface area contributed by atoms with Crippen LogP contribution in [-0.2, 0) is 0 Å². The second-order valence-electron chi connectivity index (χ2n) is 10.4. The monoisotopic (exact) mass is 542 g/mol. The summed E-state index contributed by atoms with van der Waals surface area (Å²) in [5.74, 6) is 2.02. The third-order valence-electron chi connectivity index (χ3n) is 7.61. The van der Waals surface area contributed by atoms with Crippen LogP contribution in [0.15, 0.2) is 78.4 Å². The molecular weight excluding hydrogens is 500 g/mol. The molecule has 1 aliphatic heterocycles. The summed E-state index contributed by atoms with van der Waals surface area (Å²) >= 11 is 0. The van der Waals surface area contributed by atoms with Gasteiger partial charge in [-0.25, -0.2) is 0 Å². The summed E-state index contributed by atoms with van der Waals surface area (Å²) in [5, 5.41) is 0. The molecule has 0 aliphatic carbocycles. The molecule has 0 radical (unpaired) electrons. The molecule has 0 N–H and O–H groups in total. The smallest absolute Gasteiger partial charge is 0.254 e. The summed E-state index contributed by atoms with van der Waals surface area (Å²) in [4.78, 5) is 18.4. The molecule has 0 unspecified atom stereocenters. The topological polar surface area (TPSA) is 51.2 Å². The Morgan fingerprint density at radius 3 is 2.08 bits per heavy atom. The predicted octanol–water partition coefficient (Wildman–Crippen LogP) is 6.53. The molecule has 4 rings (SSSR count). The molecule has 0 spiro atoms. The summed E-state index contributed by atoms with van der Waals surface area (Å²) in [5.41, 5.74) is 4.22. The highest BCUT2D eigenvalue weighted by Crippen LogP contribution is 2.38. The van der Waals surface area contributed by atoms with Crippen LogP contribution in [0.5, 0.6) is 17.2 Å². The quantitative estimate of drug-likeness (QED) is 0.261. The largest absolute Gasteiger partial charge is 0.493 e. The molecule has 40 heavy (non-hydrogen) atoms. The number of rotatable bonds is 12. The molecule has 0 saturated carbocycles. The second-order valence-corrected chi connectivity index (χ2v) is 10.4. The van der Waals surface area contributed by atoms with Gasteiger partial charge in [0.25, 0.3) is 5.91 Å². The summed E-state index contributed by atoms with van der Waals surface area (Å²) in [6.07, 6.45) is 5.41. The fourth-order valence-electron chi connectivity index (χ4n) is 5.52. The Morgan fingerprint density at radius 1 is 0.900 bits per heavy atom. The molecule has 0 atom stereocenters. The van der Waals surface area contributed by atoms with Gasteiger partial charge in [-0.05, 0) is 75.0 Å². The average Bonchev–Trinajstić information content (AvgIpc) is 3.00. The van der Waals surface area contributed by atoms with Gasteiger partial charge in [0, 0.05) is 18.7 Å². The molecule has 3 aromatic rings. The second kappa shape index (κ2) is 14.6. The highest BCUT2D eigenvalue weighted by molar-refractivity contribution is 5.96. The van der Waals surface area contributed by atoms with E-state index in [0.29, 0.717) is 41.8 Å². The highest BCUT2D eigenvalue weighted by atomic mass is 16.5. The van der Waals surface area contributed by atoms with Crippen molar-refractivity contribution in [1.82, 2.24) is 9.80 Å². The fourth-order valence-corrected chi connectivity index (χ4v) is 5.52. The van der Waals surface area contributed by atoms with E-state index in [9.17, 15) is 4.79 Å². The van der Waals surface area contributed by atoms with E-state index in [1.54, 1.807) is 33.5 Å². The number of benzene rings is 3. The van der Waals surface area contributed by atoms with E-state index >= 15 is 0 Å². The van der Waals surface area contributed by atoms with Crippen LogP contribution >= 0.6 is 0 Å². The van der Waals surface area contributed by atoms with Crippen LogP contribution in [-0.4, -0.2) is 69.8 Å². The fraction of sp³-hybridized carbons (Fsp3) is 0.382.